The average molecular weight is 153 g/mol. The summed E-state index contributed by atoms with van der Waals surface area (Å²) in [6.07, 6.45) is 0.447. The molecule has 0 saturated carbocycles. The number of ether oxygens (including phenoxy) is 1. The summed E-state index contributed by atoms with van der Waals surface area (Å²) in [4.78, 5) is 0. The summed E-state index contributed by atoms with van der Waals surface area (Å²) in [6.45, 7) is 0.101. The minimum absolute atomic E-state index is 0.327. The number of halogens is 1. The van der Waals surface area contributed by atoms with E-state index in [0.717, 1.165) is 0 Å². The minimum Gasteiger partial charge on any atom is -0.493 e. The lowest BCUT2D eigenvalue weighted by Crippen LogP contribution is -1.97. The molecule has 0 aliphatic rings. The van der Waals surface area contributed by atoms with Crippen LogP contribution in [0.25, 0.3) is 0 Å². The van der Waals surface area contributed by atoms with Gasteiger partial charge in [0.2, 0.25) is 0 Å². The molecule has 0 spiro atoms. The van der Waals surface area contributed by atoms with Crippen molar-refractivity contribution in [2.75, 3.05) is 13.3 Å². The Hall–Kier alpha value is -1.05. The second-order valence-corrected chi connectivity index (χ2v) is 2.12. The molecule has 0 aliphatic heterocycles. The van der Waals surface area contributed by atoms with E-state index >= 15 is 0 Å². The van der Waals surface area contributed by atoms with Crippen molar-refractivity contribution in [1.29, 1.82) is 0 Å². The molecule has 0 aromatic heterocycles. The number of benzene rings is 1. The van der Waals surface area contributed by atoms with Crippen molar-refractivity contribution >= 4 is 0 Å². The van der Waals surface area contributed by atoms with Gasteiger partial charge in [-0.25, -0.2) is 0 Å². The Morgan fingerprint density at radius 3 is 3.00 bits per heavy atom. The van der Waals surface area contributed by atoms with Crippen LogP contribution in [0.5, 0.6) is 5.75 Å². The number of para-hydroxylation sites is 1. The van der Waals surface area contributed by atoms with Crippen LogP contribution in [0.15, 0.2) is 24.3 Å². The zero-order chi connectivity index (χ0) is 7.94. The van der Waals surface area contributed by atoms with Crippen molar-refractivity contribution in [3.63, 3.8) is 0 Å². The lowest BCUT2D eigenvalue weighted by atomic mass is 10.3. The molecule has 0 N–H and O–H groups in total. The Labute approximate surface area is 65.8 Å². The van der Waals surface area contributed by atoms with Gasteiger partial charge in [-0.3, -0.25) is 4.39 Å². The molecule has 0 atom stereocenters. The van der Waals surface area contributed by atoms with Crippen molar-refractivity contribution in [2.45, 2.75) is 6.42 Å². The maximum Gasteiger partial charge on any atom is 0.127 e. The maximum absolute atomic E-state index is 11.6. The monoisotopic (exact) mass is 153 g/mol. The predicted molar refractivity (Wildman–Crippen MR) is 41.4 cm³/mol. The molecule has 1 nitrogen and oxygen atoms in total. The predicted octanol–water partition coefficient (Wildman–Crippen LogP) is 2.23. The fourth-order valence-corrected chi connectivity index (χ4v) is 0.703. The van der Waals surface area contributed by atoms with Crippen LogP contribution in [0.3, 0.4) is 0 Å². The van der Waals surface area contributed by atoms with Crippen LogP contribution in [-0.2, 0) is 0 Å². The van der Waals surface area contributed by atoms with Gasteiger partial charge >= 0.3 is 0 Å². The zero-order valence-electron chi connectivity index (χ0n) is 6.22. The number of alkyl halides is 1. The van der Waals surface area contributed by atoms with Crippen LogP contribution >= 0.6 is 0 Å². The molecule has 0 aliphatic carbocycles. The third-order valence-electron chi connectivity index (χ3n) is 1.22. The second-order valence-electron chi connectivity index (χ2n) is 2.12. The largest absolute Gasteiger partial charge is 0.493 e. The molecular weight excluding hydrogens is 143 g/mol. The molecule has 0 saturated heterocycles. The third-order valence-corrected chi connectivity index (χ3v) is 1.22. The summed E-state index contributed by atoms with van der Waals surface area (Å²) in [6, 6.07) is 10.2. The first-order chi connectivity index (χ1) is 5.43. The van der Waals surface area contributed by atoms with Gasteiger partial charge in [0.05, 0.1) is 13.3 Å². The highest BCUT2D eigenvalue weighted by molar-refractivity contribution is 5.19. The van der Waals surface area contributed by atoms with E-state index in [-0.39, 0.29) is 6.67 Å². The summed E-state index contributed by atoms with van der Waals surface area (Å²) in [7, 11) is 0. The van der Waals surface area contributed by atoms with Gasteiger partial charge in [-0.05, 0) is 6.07 Å². The quantitative estimate of drug-likeness (QED) is 0.603. The molecular formula is C9H10FO. The molecule has 1 aromatic carbocycles. The number of hydrogen-bond donors (Lipinski definition) is 0. The van der Waals surface area contributed by atoms with Gasteiger partial charge in [0, 0.05) is 12.5 Å². The SMILES string of the molecule is FCCCOc1[c]cccc1. The van der Waals surface area contributed by atoms with Gasteiger partial charge in [-0.1, -0.05) is 18.2 Å². The lowest BCUT2D eigenvalue weighted by Gasteiger charge is -2.01. The van der Waals surface area contributed by atoms with Crippen LogP contribution in [0.4, 0.5) is 4.39 Å². The van der Waals surface area contributed by atoms with Gasteiger partial charge in [-0.15, -0.1) is 0 Å². The molecule has 0 bridgehead atoms. The van der Waals surface area contributed by atoms with Gasteiger partial charge in [0.15, 0.2) is 0 Å². The topological polar surface area (TPSA) is 9.23 Å². The van der Waals surface area contributed by atoms with E-state index in [1.807, 2.05) is 12.1 Å². The summed E-state index contributed by atoms with van der Waals surface area (Å²) >= 11 is 0. The Morgan fingerprint density at radius 2 is 2.36 bits per heavy atom. The molecule has 0 fully saturated rings. The molecule has 1 rings (SSSR count). The highest BCUT2D eigenvalue weighted by atomic mass is 19.1. The molecule has 11 heavy (non-hydrogen) atoms. The summed E-state index contributed by atoms with van der Waals surface area (Å²) in [5, 5.41) is 0. The lowest BCUT2D eigenvalue weighted by molar-refractivity contribution is 0.289. The van der Waals surface area contributed by atoms with E-state index in [2.05, 4.69) is 6.07 Å². The van der Waals surface area contributed by atoms with Crippen molar-refractivity contribution in [3.05, 3.63) is 30.3 Å². The first-order valence-electron chi connectivity index (χ1n) is 3.59. The van der Waals surface area contributed by atoms with Crippen LogP contribution in [0.2, 0.25) is 0 Å². The first-order valence-corrected chi connectivity index (χ1v) is 3.59. The Kier molecular flexibility index (Phi) is 3.45. The normalized spacial score (nSPS) is 9.55. The zero-order valence-corrected chi connectivity index (χ0v) is 6.22. The first kappa shape index (κ1) is 8.05. The number of hydrogen-bond acceptors (Lipinski definition) is 1. The molecule has 59 valence electrons. The van der Waals surface area contributed by atoms with E-state index in [1.165, 1.54) is 0 Å². The fraction of sp³-hybridized carbons (Fsp3) is 0.333. The van der Waals surface area contributed by atoms with Gasteiger partial charge in [-0.2, -0.15) is 0 Å². The highest BCUT2D eigenvalue weighted by Crippen LogP contribution is 2.06. The molecule has 0 heterocycles. The summed E-state index contributed by atoms with van der Waals surface area (Å²) < 4.78 is 16.8. The van der Waals surface area contributed by atoms with Crippen LogP contribution in [-0.4, -0.2) is 13.3 Å². The van der Waals surface area contributed by atoms with Gasteiger partial charge in [0.1, 0.15) is 5.75 Å². The number of rotatable bonds is 4. The summed E-state index contributed by atoms with van der Waals surface area (Å²) in [5.74, 6) is 0.681. The molecule has 0 amide bonds. The van der Waals surface area contributed by atoms with E-state index in [1.54, 1.807) is 12.1 Å². The summed E-state index contributed by atoms with van der Waals surface area (Å²) in [5.41, 5.74) is 0. The fourth-order valence-electron chi connectivity index (χ4n) is 0.703. The standard InChI is InChI=1S/C9H10FO/c10-7-4-8-11-9-5-2-1-3-6-9/h1-3,5H,4,7-8H2. The van der Waals surface area contributed by atoms with Crippen molar-refractivity contribution < 1.29 is 9.13 Å². The molecule has 1 aromatic rings. The Morgan fingerprint density at radius 1 is 1.45 bits per heavy atom. The van der Waals surface area contributed by atoms with Crippen molar-refractivity contribution in [3.8, 4) is 5.75 Å². The Bertz CT molecular complexity index is 186. The third kappa shape index (κ3) is 3.03. The molecule has 2 heteroatoms. The van der Waals surface area contributed by atoms with E-state index in [0.29, 0.717) is 18.8 Å². The van der Waals surface area contributed by atoms with Gasteiger partial charge < -0.3 is 4.74 Å². The van der Waals surface area contributed by atoms with E-state index in [4.69, 9.17) is 4.74 Å². The molecule has 1 radical (unpaired) electrons. The second kappa shape index (κ2) is 4.72. The average Bonchev–Trinajstić information content (AvgIpc) is 2.07. The van der Waals surface area contributed by atoms with Gasteiger partial charge in [0.25, 0.3) is 0 Å². The minimum atomic E-state index is -0.327. The highest BCUT2D eigenvalue weighted by Gasteiger charge is 1.90. The van der Waals surface area contributed by atoms with Crippen LogP contribution < -0.4 is 4.74 Å². The smallest absolute Gasteiger partial charge is 0.127 e. The van der Waals surface area contributed by atoms with Crippen LogP contribution in [0.1, 0.15) is 6.42 Å². The van der Waals surface area contributed by atoms with Crippen molar-refractivity contribution in [2.24, 2.45) is 0 Å². The maximum atomic E-state index is 11.6. The van der Waals surface area contributed by atoms with Crippen molar-refractivity contribution in [1.82, 2.24) is 0 Å². The molecule has 0 unspecified atom stereocenters. The van der Waals surface area contributed by atoms with E-state index < -0.39 is 0 Å². The van der Waals surface area contributed by atoms with Crippen LogP contribution in [0, 0.1) is 6.07 Å². The Balaban J connectivity index is 2.28. The van der Waals surface area contributed by atoms with E-state index in [9.17, 15) is 4.39 Å².